The molecule has 1 aromatic rings. The molecule has 1 atom stereocenters. The third-order valence-electron chi connectivity index (χ3n) is 3.28. The van der Waals surface area contributed by atoms with Gasteiger partial charge in [-0.1, -0.05) is 81.8 Å². The Morgan fingerprint density at radius 2 is 1.76 bits per heavy atom. The zero-order valence-corrected chi connectivity index (χ0v) is 14.8. The van der Waals surface area contributed by atoms with Gasteiger partial charge in [-0.2, -0.15) is 0 Å². The Morgan fingerprint density at radius 1 is 1.08 bits per heavy atom. The number of aliphatic imine (C=N–C) groups is 1. The summed E-state index contributed by atoms with van der Waals surface area (Å²) in [5.74, 6) is 0.617. The first kappa shape index (κ1) is 19.9. The molecule has 25 heavy (non-hydrogen) atoms. The summed E-state index contributed by atoms with van der Waals surface area (Å²) >= 11 is 0. The molecule has 0 N–H and O–H groups in total. The monoisotopic (exact) mass is 331 g/mol. The van der Waals surface area contributed by atoms with Gasteiger partial charge < -0.3 is 4.74 Å². The van der Waals surface area contributed by atoms with Crippen molar-refractivity contribution in [3.63, 3.8) is 0 Å². The summed E-state index contributed by atoms with van der Waals surface area (Å²) in [5.41, 5.74) is 1.41. The molecule has 0 spiro atoms. The van der Waals surface area contributed by atoms with Crippen LogP contribution in [0, 0.1) is 5.92 Å². The van der Waals surface area contributed by atoms with Gasteiger partial charge in [0.25, 0.3) is 0 Å². The topological polar surface area (TPSA) is 21.6 Å². The molecule has 0 aliphatic carbocycles. The average Bonchev–Trinajstić information content (AvgIpc) is 2.59. The zero-order chi connectivity index (χ0) is 18.7. The molecule has 0 amide bonds. The molecule has 0 saturated carbocycles. The summed E-state index contributed by atoms with van der Waals surface area (Å²) in [6.07, 6.45) is 6.83. The number of ether oxygens (including phenoxy) is 1. The summed E-state index contributed by atoms with van der Waals surface area (Å²) in [7, 11) is 0. The predicted molar refractivity (Wildman–Crippen MR) is 110 cm³/mol. The molecule has 128 valence electrons. The van der Waals surface area contributed by atoms with E-state index in [1.807, 2.05) is 61.5 Å². The minimum atomic E-state index is 0.218. The van der Waals surface area contributed by atoms with Gasteiger partial charge in [0, 0.05) is 11.8 Å². The van der Waals surface area contributed by atoms with E-state index in [-0.39, 0.29) is 5.92 Å². The summed E-state index contributed by atoms with van der Waals surface area (Å²) in [5, 5.41) is 1.70. The number of nitrogens with zero attached hydrogens (tertiary/aromatic N) is 1. The zero-order valence-electron chi connectivity index (χ0n) is 14.8. The smallest absolute Gasteiger partial charge is 0.145 e. The average molecular weight is 331 g/mol. The first-order valence-electron chi connectivity index (χ1n) is 7.94. The van der Waals surface area contributed by atoms with Crippen LogP contribution in [-0.4, -0.2) is 5.71 Å². The summed E-state index contributed by atoms with van der Waals surface area (Å²) in [4.78, 5) is 4.52. The number of rotatable bonds is 7. The summed E-state index contributed by atoms with van der Waals surface area (Å²) in [6.45, 7) is 21.3. The van der Waals surface area contributed by atoms with Crippen molar-refractivity contribution in [2.24, 2.45) is 10.9 Å². The molecule has 1 aromatic carbocycles. The van der Waals surface area contributed by atoms with Gasteiger partial charge in [0.1, 0.15) is 11.5 Å². The van der Waals surface area contributed by atoms with E-state index in [4.69, 9.17) is 4.74 Å². The van der Waals surface area contributed by atoms with Crippen LogP contribution in [0.2, 0.25) is 0 Å². The molecule has 0 saturated heterocycles. The van der Waals surface area contributed by atoms with Crippen LogP contribution in [0.1, 0.15) is 12.5 Å². The molecular weight excluding hydrogens is 306 g/mol. The van der Waals surface area contributed by atoms with Crippen molar-refractivity contribution in [3.05, 3.63) is 109 Å². The van der Waals surface area contributed by atoms with Gasteiger partial charge in [-0.15, -0.1) is 6.58 Å². The molecule has 0 bridgehead atoms. The molecule has 0 aliphatic rings. The van der Waals surface area contributed by atoms with Crippen molar-refractivity contribution in [2.75, 3.05) is 0 Å². The Bertz CT molecular complexity index is 845. The molecular formula is C23H25NO. The van der Waals surface area contributed by atoms with Crippen LogP contribution in [0.5, 0.6) is 0 Å². The maximum atomic E-state index is 5.36. The standard InChI is InChI=1S/C23H25NO/c1-7-18(3)15-16-24-23(21(6)25-8-2)22-14-13-19(4)11-9-10-12-20(5)17-22/h7-18H,1-2,4-6H2,3H3/b11-9?,12-10?,14-13?,16-15-,22-17?,24-23+. The summed E-state index contributed by atoms with van der Waals surface area (Å²) < 4.78 is 5.36. The first-order valence-corrected chi connectivity index (χ1v) is 7.94. The first-order chi connectivity index (χ1) is 12.0. The van der Waals surface area contributed by atoms with E-state index in [1.165, 1.54) is 6.26 Å². The van der Waals surface area contributed by atoms with Crippen LogP contribution in [0.4, 0.5) is 0 Å². The third-order valence-corrected chi connectivity index (χ3v) is 3.28. The van der Waals surface area contributed by atoms with E-state index >= 15 is 0 Å². The molecule has 0 fully saturated rings. The highest BCUT2D eigenvalue weighted by Crippen LogP contribution is 2.09. The van der Waals surface area contributed by atoms with Gasteiger partial charge in [0.2, 0.25) is 0 Å². The van der Waals surface area contributed by atoms with E-state index in [2.05, 4.69) is 37.9 Å². The molecule has 1 unspecified atom stereocenters. The fraction of sp³-hybridized carbons (Fsp3) is 0.0870. The minimum absolute atomic E-state index is 0.218. The van der Waals surface area contributed by atoms with Crippen molar-refractivity contribution in [3.8, 4) is 0 Å². The van der Waals surface area contributed by atoms with E-state index in [1.54, 1.807) is 6.20 Å². The Labute approximate surface area is 150 Å². The lowest BCUT2D eigenvalue weighted by Crippen LogP contribution is -2.08. The fourth-order valence-corrected chi connectivity index (χ4v) is 1.85. The van der Waals surface area contributed by atoms with Crippen LogP contribution >= 0.6 is 0 Å². The molecule has 0 radical (unpaired) electrons. The normalized spacial score (nSPS) is 12.1. The van der Waals surface area contributed by atoms with E-state index in [0.29, 0.717) is 11.5 Å². The van der Waals surface area contributed by atoms with E-state index in [0.717, 1.165) is 16.0 Å². The van der Waals surface area contributed by atoms with Crippen molar-refractivity contribution < 1.29 is 4.74 Å². The molecule has 2 heteroatoms. The fourth-order valence-electron chi connectivity index (χ4n) is 1.85. The van der Waals surface area contributed by atoms with Crippen LogP contribution in [0.25, 0.3) is 13.2 Å². The lowest BCUT2D eigenvalue weighted by atomic mass is 10.1. The Hall–Kier alpha value is -3.13. The Balaban J connectivity index is 3.57. The van der Waals surface area contributed by atoms with Gasteiger partial charge in [0.05, 0.1) is 6.26 Å². The molecule has 1 rings (SSSR count). The molecule has 0 aromatic heterocycles. The van der Waals surface area contributed by atoms with Gasteiger partial charge in [-0.25, -0.2) is 0 Å². The van der Waals surface area contributed by atoms with Gasteiger partial charge in [0.15, 0.2) is 0 Å². The Kier molecular flexibility index (Phi) is 8.45. The maximum absolute atomic E-state index is 5.36. The van der Waals surface area contributed by atoms with E-state index in [9.17, 15) is 0 Å². The third kappa shape index (κ3) is 7.32. The van der Waals surface area contributed by atoms with Crippen LogP contribution in [0.3, 0.4) is 0 Å². The largest absolute Gasteiger partial charge is 0.464 e. The SMILES string of the molecule is C=COC(=C)/C(=N\C=C/C(C)C=C)c1ccc(=C)ccccc(=C)c1. The number of hydrogen-bond acceptors (Lipinski definition) is 2. The van der Waals surface area contributed by atoms with Crippen LogP contribution in [-0.2, 0) is 4.74 Å². The second kappa shape index (κ2) is 10.6. The second-order valence-electron chi connectivity index (χ2n) is 5.42. The van der Waals surface area contributed by atoms with Crippen molar-refractivity contribution in [2.45, 2.75) is 6.92 Å². The molecule has 0 heterocycles. The van der Waals surface area contributed by atoms with Crippen molar-refractivity contribution >= 4 is 18.9 Å². The highest BCUT2D eigenvalue weighted by Gasteiger charge is 2.07. The van der Waals surface area contributed by atoms with Gasteiger partial charge in [-0.05, 0) is 22.4 Å². The minimum Gasteiger partial charge on any atom is -0.464 e. The highest BCUT2D eigenvalue weighted by atomic mass is 16.5. The van der Waals surface area contributed by atoms with Crippen molar-refractivity contribution in [1.29, 1.82) is 0 Å². The number of hydrogen-bond donors (Lipinski definition) is 0. The maximum Gasteiger partial charge on any atom is 0.145 e. The van der Waals surface area contributed by atoms with Crippen LogP contribution in [0.15, 0.2) is 97.6 Å². The quantitative estimate of drug-likeness (QED) is 0.411. The van der Waals surface area contributed by atoms with Crippen LogP contribution < -0.4 is 10.4 Å². The van der Waals surface area contributed by atoms with E-state index < -0.39 is 0 Å². The lowest BCUT2D eigenvalue weighted by molar-refractivity contribution is 0.381. The van der Waals surface area contributed by atoms with Gasteiger partial charge >= 0.3 is 0 Å². The number of allylic oxidation sites excluding steroid dienone is 3. The predicted octanol–water partition coefficient (Wildman–Crippen LogP) is 4.43. The summed E-state index contributed by atoms with van der Waals surface area (Å²) in [6, 6.07) is 13.4. The molecule has 0 aliphatic heterocycles. The highest BCUT2D eigenvalue weighted by molar-refractivity contribution is 6.11. The Morgan fingerprint density at radius 3 is 2.40 bits per heavy atom. The second-order valence-corrected chi connectivity index (χ2v) is 5.42. The molecule has 2 nitrogen and oxygen atoms in total. The van der Waals surface area contributed by atoms with Gasteiger partial charge in [-0.3, -0.25) is 4.99 Å². The van der Waals surface area contributed by atoms with Crippen molar-refractivity contribution in [1.82, 2.24) is 0 Å². The lowest BCUT2D eigenvalue weighted by Gasteiger charge is -2.07.